The van der Waals surface area contributed by atoms with Crippen LogP contribution in [0.1, 0.15) is 54.3 Å². The Balaban J connectivity index is 2.08. The largest absolute Gasteiger partial charge is 0.440 e. The van der Waals surface area contributed by atoms with Crippen LogP contribution in [0.3, 0.4) is 0 Å². The summed E-state index contributed by atoms with van der Waals surface area (Å²) in [6.45, 7) is 11.4. The number of ether oxygens (including phenoxy) is 1. The van der Waals surface area contributed by atoms with Crippen LogP contribution >= 0.6 is 0 Å². The Hall–Kier alpha value is -3.79. The average molecular weight is 429 g/mol. The van der Waals surface area contributed by atoms with Crippen LogP contribution in [0.25, 0.3) is 5.57 Å². The Morgan fingerprint density at radius 3 is 2.44 bits per heavy atom. The van der Waals surface area contributed by atoms with Crippen molar-refractivity contribution >= 4 is 17.2 Å². The van der Waals surface area contributed by atoms with E-state index in [-0.39, 0.29) is 22.8 Å². The van der Waals surface area contributed by atoms with Gasteiger partial charge in [0.25, 0.3) is 0 Å². The summed E-state index contributed by atoms with van der Waals surface area (Å²) in [6.07, 6.45) is 2.03. The molecule has 3 aliphatic heterocycles. The number of hydrogen-bond acceptors (Lipinski definition) is 6. The quantitative estimate of drug-likeness (QED) is 0.687. The molecule has 4 heterocycles. The maximum absolute atomic E-state index is 14.5. The van der Waals surface area contributed by atoms with Crippen molar-refractivity contribution in [2.24, 2.45) is 5.73 Å². The van der Waals surface area contributed by atoms with Crippen LogP contribution in [-0.4, -0.2) is 11.4 Å². The molecule has 0 aliphatic carbocycles. The molecule has 1 aromatic heterocycles. The van der Waals surface area contributed by atoms with E-state index in [0.717, 1.165) is 22.3 Å². The second kappa shape index (κ2) is 5.92. The van der Waals surface area contributed by atoms with E-state index in [1.807, 2.05) is 46.8 Å². The lowest BCUT2D eigenvalue weighted by Gasteiger charge is -2.40. The maximum atomic E-state index is 14.5. The second-order valence-corrected chi connectivity index (χ2v) is 9.30. The Labute approximate surface area is 185 Å². The van der Waals surface area contributed by atoms with E-state index in [0.29, 0.717) is 17.0 Å². The Morgan fingerprint density at radius 2 is 1.78 bits per heavy atom. The molecule has 1 spiro atoms. The molecule has 7 heteroatoms. The van der Waals surface area contributed by atoms with E-state index in [1.165, 1.54) is 6.07 Å². The highest BCUT2D eigenvalue weighted by Crippen LogP contribution is 2.60. The number of benzene rings is 1. The van der Waals surface area contributed by atoms with Crippen LogP contribution in [0.15, 0.2) is 38.9 Å². The molecule has 32 heavy (non-hydrogen) atoms. The summed E-state index contributed by atoms with van der Waals surface area (Å²) < 4.78 is 11.1. The molecular weight excluding hydrogens is 406 g/mol. The zero-order valence-electron chi connectivity index (χ0n) is 18.8. The summed E-state index contributed by atoms with van der Waals surface area (Å²) in [5.74, 6) is -0.129. The van der Waals surface area contributed by atoms with Gasteiger partial charge in [0.2, 0.25) is 11.8 Å². The molecule has 0 saturated carbocycles. The molecule has 0 fully saturated rings. The number of anilines is 1. The van der Waals surface area contributed by atoms with E-state index in [4.69, 9.17) is 14.9 Å². The first-order chi connectivity index (χ1) is 15.0. The van der Waals surface area contributed by atoms with Gasteiger partial charge in [-0.2, -0.15) is 5.26 Å². The molecule has 0 bridgehead atoms. The summed E-state index contributed by atoms with van der Waals surface area (Å²) in [6, 6.07) is 5.68. The number of amides is 1. The highest BCUT2D eigenvalue weighted by Gasteiger charge is 2.64. The predicted octanol–water partition coefficient (Wildman–Crippen LogP) is 3.48. The standard InChI is InChI=1S/C25H23N3O4/c1-11-7-15-12(2)9-24(5,6)28-20(15)18(14(11)4)25(23(28)30)16(10-26)21(27)32-17-8-13(3)31-22(29)19(17)25/h7-9H,27H2,1-6H3/t25-/m0/s1. The number of nitrogens with two attached hydrogens (primary N) is 1. The third-order valence-electron chi connectivity index (χ3n) is 6.88. The van der Waals surface area contributed by atoms with Gasteiger partial charge in [0.05, 0.1) is 11.2 Å². The maximum Gasteiger partial charge on any atom is 0.344 e. The number of rotatable bonds is 0. The van der Waals surface area contributed by atoms with Gasteiger partial charge in [-0.3, -0.25) is 4.79 Å². The van der Waals surface area contributed by atoms with Crippen molar-refractivity contribution in [1.82, 2.24) is 0 Å². The zero-order chi connectivity index (χ0) is 23.3. The number of nitriles is 1. The number of carbonyl (C=O) groups is 1. The molecule has 2 N–H and O–H groups in total. The molecule has 0 saturated heterocycles. The van der Waals surface area contributed by atoms with Crippen molar-refractivity contribution in [3.63, 3.8) is 0 Å². The topological polar surface area (TPSA) is 110 Å². The monoisotopic (exact) mass is 429 g/mol. The summed E-state index contributed by atoms with van der Waals surface area (Å²) in [5.41, 5.74) is 7.96. The van der Waals surface area contributed by atoms with Crippen molar-refractivity contribution in [2.45, 2.75) is 52.5 Å². The number of aryl methyl sites for hydroxylation is 2. The highest BCUT2D eigenvalue weighted by molar-refractivity contribution is 6.18. The van der Waals surface area contributed by atoms with Gasteiger partial charge in [-0.15, -0.1) is 0 Å². The fourth-order valence-corrected chi connectivity index (χ4v) is 5.58. The zero-order valence-corrected chi connectivity index (χ0v) is 18.8. The van der Waals surface area contributed by atoms with Crippen LogP contribution in [0.5, 0.6) is 5.75 Å². The van der Waals surface area contributed by atoms with E-state index >= 15 is 0 Å². The molecule has 0 radical (unpaired) electrons. The third kappa shape index (κ3) is 2.09. The Kier molecular flexibility index (Phi) is 3.72. The molecular formula is C25H23N3O4. The second-order valence-electron chi connectivity index (χ2n) is 9.30. The summed E-state index contributed by atoms with van der Waals surface area (Å²) in [5, 5.41) is 10.2. The first-order valence-corrected chi connectivity index (χ1v) is 10.4. The minimum atomic E-state index is -1.74. The van der Waals surface area contributed by atoms with Crippen LogP contribution in [0.2, 0.25) is 0 Å². The number of hydrogen-bond donors (Lipinski definition) is 1. The first-order valence-electron chi connectivity index (χ1n) is 10.4. The van der Waals surface area contributed by atoms with Gasteiger partial charge >= 0.3 is 5.63 Å². The molecule has 0 unspecified atom stereocenters. The fraction of sp³-hybridized carbons (Fsp3) is 0.320. The van der Waals surface area contributed by atoms with Crippen LogP contribution < -0.4 is 21.0 Å². The smallest absolute Gasteiger partial charge is 0.344 e. The van der Waals surface area contributed by atoms with Crippen LogP contribution in [0.4, 0.5) is 5.69 Å². The summed E-state index contributed by atoms with van der Waals surface area (Å²) in [4.78, 5) is 29.5. The van der Waals surface area contributed by atoms with Crippen molar-refractivity contribution in [2.75, 3.05) is 4.90 Å². The van der Waals surface area contributed by atoms with E-state index in [1.54, 1.807) is 11.8 Å². The SMILES string of the molecule is CC1=CC(C)(C)N2C(=O)[C@@]3(C(C#N)=C(N)Oc4cc(C)oc(=O)c43)c3c(C)c(C)cc1c32. The van der Waals surface area contributed by atoms with Gasteiger partial charge in [-0.05, 0) is 64.3 Å². The Morgan fingerprint density at radius 1 is 1.09 bits per heavy atom. The van der Waals surface area contributed by atoms with E-state index in [2.05, 4.69) is 6.07 Å². The van der Waals surface area contributed by atoms with Gasteiger partial charge < -0.3 is 19.8 Å². The fourth-order valence-electron chi connectivity index (χ4n) is 5.58. The summed E-state index contributed by atoms with van der Waals surface area (Å²) in [7, 11) is 0. The normalized spacial score (nSPS) is 22.3. The van der Waals surface area contributed by atoms with E-state index < -0.39 is 22.5 Å². The van der Waals surface area contributed by atoms with Crippen molar-refractivity contribution < 1.29 is 13.9 Å². The van der Waals surface area contributed by atoms with Gasteiger partial charge in [0, 0.05) is 17.2 Å². The van der Waals surface area contributed by atoms with Gasteiger partial charge in [0.15, 0.2) is 5.41 Å². The van der Waals surface area contributed by atoms with Crippen LogP contribution in [0, 0.1) is 32.1 Å². The lowest BCUT2D eigenvalue weighted by molar-refractivity contribution is -0.121. The number of carbonyl (C=O) groups excluding carboxylic acids is 1. The Bertz CT molecular complexity index is 1430. The molecule has 5 rings (SSSR count). The molecule has 162 valence electrons. The van der Waals surface area contributed by atoms with E-state index in [9.17, 15) is 14.9 Å². The molecule has 3 aliphatic rings. The summed E-state index contributed by atoms with van der Waals surface area (Å²) >= 11 is 0. The van der Waals surface area contributed by atoms with Crippen molar-refractivity contribution in [3.05, 3.63) is 73.7 Å². The average Bonchev–Trinajstić information content (AvgIpc) is 2.93. The number of fused-ring (bicyclic) bond motifs is 3. The van der Waals surface area contributed by atoms with Crippen molar-refractivity contribution in [3.8, 4) is 11.8 Å². The number of allylic oxidation sites excluding steroid dienone is 1. The lowest BCUT2D eigenvalue weighted by atomic mass is 9.67. The molecule has 1 amide bonds. The van der Waals surface area contributed by atoms with Gasteiger partial charge in [0.1, 0.15) is 28.7 Å². The molecule has 2 aromatic rings. The highest BCUT2D eigenvalue weighted by atomic mass is 16.5. The lowest BCUT2D eigenvalue weighted by Crippen LogP contribution is -2.54. The minimum Gasteiger partial charge on any atom is -0.440 e. The minimum absolute atomic E-state index is 0.00222. The predicted molar refractivity (Wildman–Crippen MR) is 119 cm³/mol. The number of nitrogens with zero attached hydrogens (tertiary/aromatic N) is 2. The molecule has 1 atom stereocenters. The molecule has 7 nitrogen and oxygen atoms in total. The first kappa shape index (κ1) is 20.1. The third-order valence-corrected chi connectivity index (χ3v) is 6.88. The van der Waals surface area contributed by atoms with Crippen molar-refractivity contribution in [1.29, 1.82) is 5.26 Å². The molecule has 1 aromatic carbocycles. The van der Waals surface area contributed by atoms with Gasteiger partial charge in [-0.25, -0.2) is 4.79 Å². The van der Waals surface area contributed by atoms with Crippen LogP contribution in [-0.2, 0) is 10.2 Å². The van der Waals surface area contributed by atoms with Gasteiger partial charge in [-0.1, -0.05) is 6.08 Å².